The zero-order valence-electron chi connectivity index (χ0n) is 16.7. The van der Waals surface area contributed by atoms with E-state index in [2.05, 4.69) is 40.7 Å². The molecule has 1 aliphatic rings. The number of H-pyrrole nitrogens is 1. The van der Waals surface area contributed by atoms with E-state index in [1.165, 1.54) is 11.1 Å². The Balaban J connectivity index is 1.35. The zero-order valence-corrected chi connectivity index (χ0v) is 16.7. The normalized spacial score (nSPS) is 18.7. The van der Waals surface area contributed by atoms with Crippen LogP contribution < -0.4 is 10.6 Å². The highest BCUT2D eigenvalue weighted by Crippen LogP contribution is 2.32. The summed E-state index contributed by atoms with van der Waals surface area (Å²) in [5.41, 5.74) is 4.09. The Labute approximate surface area is 170 Å². The molecule has 0 fully saturated rings. The molecule has 2 unspecified atom stereocenters. The average molecular weight is 389 g/mol. The van der Waals surface area contributed by atoms with Crippen LogP contribution in [-0.2, 0) is 11.2 Å². The molecule has 0 saturated heterocycles. The van der Waals surface area contributed by atoms with E-state index in [4.69, 9.17) is 0 Å². The largest absolute Gasteiger partial charge is 0.360 e. The lowest BCUT2D eigenvalue weighted by Gasteiger charge is -2.25. The molecular formula is C24H27N3O2. The molecule has 4 rings (SSSR count). The third kappa shape index (κ3) is 4.19. The van der Waals surface area contributed by atoms with Crippen molar-refractivity contribution in [2.75, 3.05) is 6.54 Å². The Hall–Kier alpha value is -3.08. The summed E-state index contributed by atoms with van der Waals surface area (Å²) in [6.07, 6.45) is 5.28. The van der Waals surface area contributed by atoms with Crippen molar-refractivity contribution < 1.29 is 9.59 Å². The fourth-order valence-corrected chi connectivity index (χ4v) is 4.26. The molecule has 0 saturated carbocycles. The Morgan fingerprint density at radius 2 is 1.90 bits per heavy atom. The highest BCUT2D eigenvalue weighted by molar-refractivity contribution is 6.06. The van der Waals surface area contributed by atoms with Gasteiger partial charge in [0.2, 0.25) is 5.91 Å². The molecule has 3 N–H and O–H groups in total. The zero-order chi connectivity index (χ0) is 20.2. The second kappa shape index (κ2) is 8.52. The van der Waals surface area contributed by atoms with Crippen LogP contribution >= 0.6 is 0 Å². The summed E-state index contributed by atoms with van der Waals surface area (Å²) >= 11 is 0. The average Bonchev–Trinajstić information content (AvgIpc) is 3.10. The molecule has 1 aromatic heterocycles. The number of benzene rings is 2. The number of carbonyl (C=O) groups is 2. The summed E-state index contributed by atoms with van der Waals surface area (Å²) in [4.78, 5) is 28.2. The van der Waals surface area contributed by atoms with Gasteiger partial charge in [0, 0.05) is 30.1 Å². The second-order valence-corrected chi connectivity index (χ2v) is 7.87. The van der Waals surface area contributed by atoms with E-state index in [-0.39, 0.29) is 24.3 Å². The van der Waals surface area contributed by atoms with Crippen LogP contribution in [0.2, 0.25) is 0 Å². The van der Waals surface area contributed by atoms with Gasteiger partial charge in [-0.3, -0.25) is 9.59 Å². The maximum Gasteiger partial charge on any atom is 0.253 e. The number of rotatable bonds is 5. The molecule has 2 aromatic carbocycles. The van der Waals surface area contributed by atoms with Crippen molar-refractivity contribution in [3.05, 3.63) is 71.4 Å². The second-order valence-electron chi connectivity index (χ2n) is 7.87. The molecule has 3 aromatic rings. The summed E-state index contributed by atoms with van der Waals surface area (Å²) in [5.74, 6) is 0.199. The van der Waals surface area contributed by atoms with E-state index in [1.807, 2.05) is 30.3 Å². The molecule has 5 heteroatoms. The number of nitrogens with one attached hydrogen (secondary N) is 3. The van der Waals surface area contributed by atoms with E-state index in [0.717, 1.165) is 30.2 Å². The summed E-state index contributed by atoms with van der Waals surface area (Å²) < 4.78 is 0. The Morgan fingerprint density at radius 3 is 2.79 bits per heavy atom. The fourth-order valence-electron chi connectivity index (χ4n) is 4.26. The minimum Gasteiger partial charge on any atom is -0.360 e. The quantitative estimate of drug-likeness (QED) is 0.574. The summed E-state index contributed by atoms with van der Waals surface area (Å²) in [6.45, 7) is 2.51. The topological polar surface area (TPSA) is 74.0 Å². The predicted octanol–water partition coefficient (Wildman–Crippen LogP) is 4.12. The van der Waals surface area contributed by atoms with Crippen LogP contribution in [0.5, 0.6) is 0 Å². The van der Waals surface area contributed by atoms with Crippen molar-refractivity contribution in [3.8, 4) is 0 Å². The molecule has 0 spiro atoms. The standard InChI is InChI=1S/C24H27N3O2/c1-16-7-6-9-17-8-2-3-10-18(17)23(16)27-22(28)13-14-25-24(29)20-15-26-21-12-5-4-11-19(20)21/h2-5,8,10-12,15-16,23,26H,6-7,9,13-14H2,1H3,(H,25,29)(H,27,28). The molecule has 5 nitrogen and oxygen atoms in total. The van der Waals surface area contributed by atoms with Crippen LogP contribution in [0.4, 0.5) is 0 Å². The van der Waals surface area contributed by atoms with Crippen LogP contribution in [-0.4, -0.2) is 23.3 Å². The van der Waals surface area contributed by atoms with Gasteiger partial charge in [0.15, 0.2) is 0 Å². The molecule has 1 aliphatic carbocycles. The highest BCUT2D eigenvalue weighted by atomic mass is 16.2. The van der Waals surface area contributed by atoms with Gasteiger partial charge in [0.25, 0.3) is 5.91 Å². The first-order chi connectivity index (χ1) is 14.1. The van der Waals surface area contributed by atoms with Gasteiger partial charge in [0.1, 0.15) is 0 Å². The van der Waals surface area contributed by atoms with E-state index in [9.17, 15) is 9.59 Å². The minimum absolute atomic E-state index is 0.0298. The van der Waals surface area contributed by atoms with Gasteiger partial charge in [-0.05, 0) is 42.4 Å². The molecule has 0 radical (unpaired) electrons. The minimum atomic E-state index is -0.163. The summed E-state index contributed by atoms with van der Waals surface area (Å²) in [6, 6.07) is 16.1. The lowest BCUT2D eigenvalue weighted by atomic mass is 9.92. The van der Waals surface area contributed by atoms with Crippen molar-refractivity contribution in [3.63, 3.8) is 0 Å². The van der Waals surface area contributed by atoms with E-state index in [0.29, 0.717) is 18.0 Å². The van der Waals surface area contributed by atoms with Gasteiger partial charge in [-0.25, -0.2) is 0 Å². The molecule has 150 valence electrons. The fraction of sp³-hybridized carbons (Fsp3) is 0.333. The van der Waals surface area contributed by atoms with Crippen molar-refractivity contribution >= 4 is 22.7 Å². The van der Waals surface area contributed by atoms with Crippen molar-refractivity contribution in [2.45, 2.75) is 38.6 Å². The van der Waals surface area contributed by atoms with Crippen molar-refractivity contribution in [2.24, 2.45) is 5.92 Å². The number of fused-ring (bicyclic) bond motifs is 2. The van der Waals surface area contributed by atoms with Gasteiger partial charge in [-0.2, -0.15) is 0 Å². The molecular weight excluding hydrogens is 362 g/mol. The Bertz CT molecular complexity index is 1020. The number of para-hydroxylation sites is 1. The maximum absolute atomic E-state index is 12.6. The maximum atomic E-state index is 12.6. The molecule has 2 atom stereocenters. The number of hydrogen-bond donors (Lipinski definition) is 3. The van der Waals surface area contributed by atoms with Crippen LogP contribution in [0.1, 0.15) is 53.7 Å². The van der Waals surface area contributed by atoms with Crippen LogP contribution in [0, 0.1) is 5.92 Å². The number of aryl methyl sites for hydroxylation is 1. The van der Waals surface area contributed by atoms with E-state index < -0.39 is 0 Å². The molecule has 2 amide bonds. The number of amides is 2. The van der Waals surface area contributed by atoms with E-state index >= 15 is 0 Å². The van der Waals surface area contributed by atoms with Crippen LogP contribution in [0.15, 0.2) is 54.7 Å². The first-order valence-corrected chi connectivity index (χ1v) is 10.3. The molecule has 0 aliphatic heterocycles. The molecule has 0 bridgehead atoms. The SMILES string of the molecule is CC1CCCc2ccccc2C1NC(=O)CCNC(=O)c1c[nH]c2ccccc12. The van der Waals surface area contributed by atoms with Crippen LogP contribution in [0.3, 0.4) is 0 Å². The third-order valence-corrected chi connectivity index (χ3v) is 5.85. The van der Waals surface area contributed by atoms with E-state index in [1.54, 1.807) is 6.20 Å². The third-order valence-electron chi connectivity index (χ3n) is 5.85. The van der Waals surface area contributed by atoms with Crippen molar-refractivity contribution in [1.82, 2.24) is 15.6 Å². The molecule has 29 heavy (non-hydrogen) atoms. The monoisotopic (exact) mass is 389 g/mol. The van der Waals surface area contributed by atoms with Gasteiger partial charge >= 0.3 is 0 Å². The lowest BCUT2D eigenvalue weighted by Crippen LogP contribution is -2.35. The number of carbonyl (C=O) groups excluding carboxylic acids is 2. The van der Waals surface area contributed by atoms with Gasteiger partial charge in [-0.1, -0.05) is 49.4 Å². The first-order valence-electron chi connectivity index (χ1n) is 10.3. The Kier molecular flexibility index (Phi) is 5.65. The summed E-state index contributed by atoms with van der Waals surface area (Å²) in [5, 5.41) is 6.96. The predicted molar refractivity (Wildman–Crippen MR) is 115 cm³/mol. The van der Waals surface area contributed by atoms with Crippen LogP contribution in [0.25, 0.3) is 10.9 Å². The van der Waals surface area contributed by atoms with Gasteiger partial charge in [-0.15, -0.1) is 0 Å². The number of aromatic amines is 1. The lowest BCUT2D eigenvalue weighted by molar-refractivity contribution is -0.122. The number of hydrogen-bond acceptors (Lipinski definition) is 2. The van der Waals surface area contributed by atoms with Gasteiger partial charge < -0.3 is 15.6 Å². The Morgan fingerprint density at radius 1 is 1.10 bits per heavy atom. The smallest absolute Gasteiger partial charge is 0.253 e. The number of aromatic nitrogens is 1. The molecule has 1 heterocycles. The van der Waals surface area contributed by atoms with Crippen molar-refractivity contribution in [1.29, 1.82) is 0 Å². The van der Waals surface area contributed by atoms with Gasteiger partial charge in [0.05, 0.1) is 11.6 Å². The first kappa shape index (κ1) is 19.2. The highest BCUT2D eigenvalue weighted by Gasteiger charge is 2.25. The summed E-state index contributed by atoms with van der Waals surface area (Å²) in [7, 11) is 0.